The van der Waals surface area contributed by atoms with Crippen LogP contribution in [0.4, 0.5) is 10.1 Å². The fraction of sp³-hybridized carbons (Fsp3) is 0.0500. The van der Waals surface area contributed by atoms with Gasteiger partial charge in [-0.1, -0.05) is 36.4 Å². The first-order chi connectivity index (χ1) is 11.7. The highest BCUT2D eigenvalue weighted by molar-refractivity contribution is 6.07. The highest BCUT2D eigenvalue weighted by atomic mass is 19.1. The van der Waals surface area contributed by atoms with E-state index in [9.17, 15) is 9.18 Å². The molecule has 2 aromatic carbocycles. The van der Waals surface area contributed by atoms with Crippen molar-refractivity contribution >= 4 is 34.6 Å². The van der Waals surface area contributed by atoms with Crippen LogP contribution in [-0.2, 0) is 0 Å². The number of anilines is 1. The van der Waals surface area contributed by atoms with Crippen LogP contribution in [0.2, 0.25) is 0 Å². The van der Waals surface area contributed by atoms with Gasteiger partial charge in [0.2, 0.25) is 0 Å². The van der Waals surface area contributed by atoms with Crippen LogP contribution in [0.15, 0.2) is 54.6 Å². The van der Waals surface area contributed by atoms with Crippen molar-refractivity contribution in [2.75, 3.05) is 5.32 Å². The normalized spacial score (nSPS) is 12.9. The van der Waals surface area contributed by atoms with Crippen LogP contribution in [0.1, 0.15) is 28.0 Å². The number of benzene rings is 2. The van der Waals surface area contributed by atoms with Gasteiger partial charge in [-0.25, -0.2) is 4.39 Å². The van der Waals surface area contributed by atoms with Crippen LogP contribution in [-0.4, -0.2) is 10.9 Å². The maximum absolute atomic E-state index is 13.3. The van der Waals surface area contributed by atoms with Gasteiger partial charge >= 0.3 is 0 Å². The van der Waals surface area contributed by atoms with Gasteiger partial charge in [-0.05, 0) is 42.3 Å². The molecule has 0 spiro atoms. The molecule has 0 bridgehead atoms. The van der Waals surface area contributed by atoms with Gasteiger partial charge in [0.15, 0.2) is 0 Å². The lowest BCUT2D eigenvalue weighted by Gasteiger charge is -2.10. The molecule has 0 unspecified atom stereocenters. The van der Waals surface area contributed by atoms with E-state index in [2.05, 4.69) is 28.5 Å². The molecule has 4 rings (SSSR count). The maximum atomic E-state index is 13.3. The van der Waals surface area contributed by atoms with Crippen LogP contribution < -0.4 is 5.32 Å². The minimum absolute atomic E-state index is 0.248. The number of hydrogen-bond donors (Lipinski definition) is 2. The molecular formula is C20H15FN2O. The van der Waals surface area contributed by atoms with Gasteiger partial charge in [0.1, 0.15) is 11.5 Å². The third-order valence-electron chi connectivity index (χ3n) is 4.07. The molecule has 0 aliphatic heterocycles. The third kappa shape index (κ3) is 2.63. The van der Waals surface area contributed by atoms with Gasteiger partial charge in [-0.2, -0.15) is 0 Å². The third-order valence-corrected chi connectivity index (χ3v) is 4.07. The highest BCUT2D eigenvalue weighted by Crippen LogP contribution is 2.26. The second-order valence-electron chi connectivity index (χ2n) is 5.72. The zero-order valence-corrected chi connectivity index (χ0v) is 12.8. The Morgan fingerprint density at radius 2 is 1.96 bits per heavy atom. The zero-order chi connectivity index (χ0) is 16.5. The summed E-state index contributed by atoms with van der Waals surface area (Å²) in [7, 11) is 0. The van der Waals surface area contributed by atoms with Gasteiger partial charge in [0.05, 0.1) is 0 Å². The number of nitrogens with one attached hydrogen (secondary N) is 2. The number of rotatable bonds is 2. The lowest BCUT2D eigenvalue weighted by atomic mass is 10.1. The number of aromatic amines is 1. The summed E-state index contributed by atoms with van der Waals surface area (Å²) in [4.78, 5) is 15.5. The van der Waals surface area contributed by atoms with Crippen molar-refractivity contribution in [1.82, 2.24) is 4.98 Å². The van der Waals surface area contributed by atoms with Crippen molar-refractivity contribution in [3.63, 3.8) is 0 Å². The Bertz CT molecular complexity index is 998. The molecule has 1 amide bonds. The summed E-state index contributed by atoms with van der Waals surface area (Å²) in [5.41, 5.74) is 3.82. The van der Waals surface area contributed by atoms with Gasteiger partial charge in [0, 0.05) is 22.2 Å². The monoisotopic (exact) mass is 318 g/mol. The van der Waals surface area contributed by atoms with Crippen molar-refractivity contribution in [2.45, 2.75) is 6.42 Å². The Balaban J connectivity index is 1.68. The van der Waals surface area contributed by atoms with Crippen LogP contribution in [0.5, 0.6) is 0 Å². The van der Waals surface area contributed by atoms with Crippen molar-refractivity contribution in [3.05, 3.63) is 77.3 Å². The van der Waals surface area contributed by atoms with E-state index in [0.29, 0.717) is 11.2 Å². The van der Waals surface area contributed by atoms with E-state index in [1.54, 1.807) is 12.1 Å². The number of amides is 1. The molecule has 1 aliphatic rings. The van der Waals surface area contributed by atoms with Crippen molar-refractivity contribution < 1.29 is 9.18 Å². The molecule has 2 N–H and O–H groups in total. The number of hydrogen-bond acceptors (Lipinski definition) is 1. The summed E-state index contributed by atoms with van der Waals surface area (Å²) in [5.74, 6) is -0.580. The first-order valence-corrected chi connectivity index (χ1v) is 7.76. The number of carbonyl (C=O) groups is 1. The van der Waals surface area contributed by atoms with Crippen LogP contribution in [0.3, 0.4) is 0 Å². The summed E-state index contributed by atoms with van der Waals surface area (Å²) in [6.07, 6.45) is 9.09. The standard InChI is InChI=1S/C20H15FN2O/c21-15-10-9-14-11-19(22-18(14)12-15)20(24)23-17-8-4-6-13-5-2-1-3-7-16(13)17/h2-12,22H,1H2,(H,23,24). The minimum Gasteiger partial charge on any atom is -0.350 e. The van der Waals surface area contributed by atoms with E-state index in [0.717, 1.165) is 28.6 Å². The highest BCUT2D eigenvalue weighted by Gasteiger charge is 2.13. The fourth-order valence-electron chi connectivity index (χ4n) is 2.89. The van der Waals surface area contributed by atoms with E-state index in [4.69, 9.17) is 0 Å². The summed E-state index contributed by atoms with van der Waals surface area (Å²) in [6, 6.07) is 12.0. The molecule has 0 fully saturated rings. The van der Waals surface area contributed by atoms with Gasteiger partial charge in [-0.15, -0.1) is 0 Å². The van der Waals surface area contributed by atoms with Crippen LogP contribution >= 0.6 is 0 Å². The van der Waals surface area contributed by atoms with E-state index < -0.39 is 0 Å². The molecule has 1 aromatic heterocycles. The Kier molecular flexibility index (Phi) is 3.50. The van der Waals surface area contributed by atoms with E-state index in [-0.39, 0.29) is 11.7 Å². The number of allylic oxidation sites excluding steroid dienone is 2. The summed E-state index contributed by atoms with van der Waals surface area (Å²) >= 11 is 0. The molecule has 3 nitrogen and oxygen atoms in total. The van der Waals surface area contributed by atoms with Crippen molar-refractivity contribution in [2.24, 2.45) is 0 Å². The lowest BCUT2D eigenvalue weighted by molar-refractivity contribution is 0.102. The summed E-state index contributed by atoms with van der Waals surface area (Å²) < 4.78 is 13.3. The first-order valence-electron chi connectivity index (χ1n) is 7.76. The Morgan fingerprint density at radius 1 is 1.08 bits per heavy atom. The van der Waals surface area contributed by atoms with Crippen LogP contribution in [0, 0.1) is 5.82 Å². The van der Waals surface area contributed by atoms with Gasteiger partial charge < -0.3 is 10.3 Å². The molecule has 4 heteroatoms. The second kappa shape index (κ2) is 5.81. The van der Waals surface area contributed by atoms with Crippen LogP contribution in [0.25, 0.3) is 23.1 Å². The number of carbonyl (C=O) groups excluding carboxylic acids is 1. The maximum Gasteiger partial charge on any atom is 0.272 e. The topological polar surface area (TPSA) is 44.9 Å². The summed E-state index contributed by atoms with van der Waals surface area (Å²) in [5, 5.41) is 3.74. The minimum atomic E-state index is -0.332. The second-order valence-corrected chi connectivity index (χ2v) is 5.72. The quantitative estimate of drug-likeness (QED) is 0.687. The molecule has 24 heavy (non-hydrogen) atoms. The number of halogens is 1. The Hall–Kier alpha value is -3.14. The van der Waals surface area contributed by atoms with Gasteiger partial charge in [-0.3, -0.25) is 4.79 Å². The summed E-state index contributed by atoms with van der Waals surface area (Å²) in [6.45, 7) is 0. The average molecular weight is 318 g/mol. The fourth-order valence-corrected chi connectivity index (χ4v) is 2.89. The SMILES string of the molecule is O=C(Nc1cccc2c1C=CCC=C2)c1cc2ccc(F)cc2[nH]1. The van der Waals surface area contributed by atoms with E-state index >= 15 is 0 Å². The molecule has 1 heterocycles. The number of aromatic nitrogens is 1. The van der Waals surface area contributed by atoms with Crippen molar-refractivity contribution in [1.29, 1.82) is 0 Å². The van der Waals surface area contributed by atoms with Gasteiger partial charge in [0.25, 0.3) is 5.91 Å². The number of fused-ring (bicyclic) bond motifs is 2. The average Bonchev–Trinajstić information content (AvgIpc) is 2.84. The number of H-pyrrole nitrogens is 1. The predicted molar refractivity (Wildman–Crippen MR) is 95.3 cm³/mol. The van der Waals surface area contributed by atoms with E-state index in [1.165, 1.54) is 12.1 Å². The molecule has 0 saturated carbocycles. The predicted octanol–water partition coefficient (Wildman–Crippen LogP) is 4.99. The molecule has 3 aromatic rings. The smallest absolute Gasteiger partial charge is 0.272 e. The van der Waals surface area contributed by atoms with Crippen molar-refractivity contribution in [3.8, 4) is 0 Å². The molecule has 1 aliphatic carbocycles. The Morgan fingerprint density at radius 3 is 2.88 bits per heavy atom. The molecule has 118 valence electrons. The molecule has 0 radical (unpaired) electrons. The van der Waals surface area contributed by atoms with E-state index in [1.807, 2.05) is 24.3 Å². The lowest BCUT2D eigenvalue weighted by Crippen LogP contribution is -2.13. The largest absolute Gasteiger partial charge is 0.350 e. The zero-order valence-electron chi connectivity index (χ0n) is 12.8. The molecule has 0 saturated heterocycles. The Labute approximate surface area is 138 Å². The molecule has 0 atom stereocenters. The first kappa shape index (κ1) is 14.5. The molecular weight excluding hydrogens is 303 g/mol.